The maximum Gasteiger partial charge on any atom is 0.391 e. The van der Waals surface area contributed by atoms with E-state index in [1.165, 1.54) is 0 Å². The van der Waals surface area contributed by atoms with Gasteiger partial charge < -0.3 is 4.90 Å². The van der Waals surface area contributed by atoms with E-state index >= 15 is 0 Å². The van der Waals surface area contributed by atoms with Gasteiger partial charge in [0.2, 0.25) is 0 Å². The Kier molecular flexibility index (Phi) is 6.50. The fourth-order valence-electron chi connectivity index (χ4n) is 3.29. The summed E-state index contributed by atoms with van der Waals surface area (Å²) in [5, 5.41) is 4.24. The van der Waals surface area contributed by atoms with Crippen LogP contribution in [0.25, 0.3) is 0 Å². The molecule has 0 saturated carbocycles. The number of hydrazone groups is 1. The van der Waals surface area contributed by atoms with Crippen molar-refractivity contribution < 1.29 is 13.2 Å². The molecule has 0 bridgehead atoms. The van der Waals surface area contributed by atoms with Gasteiger partial charge in [0.05, 0.1) is 17.8 Å². The van der Waals surface area contributed by atoms with E-state index < -0.39 is 12.1 Å². The number of nitrogens with one attached hydrogen (secondary N) is 1. The number of rotatable bonds is 6. The van der Waals surface area contributed by atoms with E-state index in [0.717, 1.165) is 29.8 Å². The molecule has 6 heteroatoms. The SMILES string of the molecule is FC(F)(F)C1CCN(CCc2cccc(C=NNc3ccccc3)c2)CC1. The number of hydrogen-bond donors (Lipinski definition) is 1. The van der Waals surface area contributed by atoms with Crippen LogP contribution in [0.2, 0.25) is 0 Å². The van der Waals surface area contributed by atoms with Crippen LogP contribution < -0.4 is 5.43 Å². The third kappa shape index (κ3) is 6.10. The van der Waals surface area contributed by atoms with Gasteiger partial charge >= 0.3 is 6.18 Å². The number of anilines is 1. The molecule has 1 aliphatic rings. The number of piperidine rings is 1. The van der Waals surface area contributed by atoms with Gasteiger partial charge in [-0.3, -0.25) is 5.43 Å². The Bertz CT molecular complexity index is 736. The molecule has 3 rings (SSSR count). The van der Waals surface area contributed by atoms with Crippen molar-refractivity contribution in [2.24, 2.45) is 11.0 Å². The van der Waals surface area contributed by atoms with Gasteiger partial charge in [0.25, 0.3) is 0 Å². The molecular weight excluding hydrogens is 351 g/mol. The smallest absolute Gasteiger partial charge is 0.303 e. The lowest BCUT2D eigenvalue weighted by Gasteiger charge is -2.32. The molecule has 3 nitrogen and oxygen atoms in total. The largest absolute Gasteiger partial charge is 0.391 e. The second-order valence-electron chi connectivity index (χ2n) is 6.89. The monoisotopic (exact) mass is 375 g/mol. The maximum absolute atomic E-state index is 12.7. The summed E-state index contributed by atoms with van der Waals surface area (Å²) < 4.78 is 38.2. The summed E-state index contributed by atoms with van der Waals surface area (Å²) >= 11 is 0. The first-order valence-electron chi connectivity index (χ1n) is 9.23. The maximum atomic E-state index is 12.7. The Labute approximate surface area is 157 Å². The molecule has 27 heavy (non-hydrogen) atoms. The molecule has 0 radical (unpaired) electrons. The summed E-state index contributed by atoms with van der Waals surface area (Å²) in [6.45, 7) is 1.83. The molecule has 1 fully saturated rings. The minimum absolute atomic E-state index is 0.210. The molecule has 0 aromatic heterocycles. The Morgan fingerprint density at radius 2 is 1.78 bits per heavy atom. The van der Waals surface area contributed by atoms with Crippen LogP contribution in [0.5, 0.6) is 0 Å². The van der Waals surface area contributed by atoms with Crippen LogP contribution in [-0.4, -0.2) is 36.9 Å². The first-order chi connectivity index (χ1) is 13.0. The van der Waals surface area contributed by atoms with Gasteiger partial charge in [0, 0.05) is 6.54 Å². The van der Waals surface area contributed by atoms with Crippen molar-refractivity contribution in [2.45, 2.75) is 25.4 Å². The summed E-state index contributed by atoms with van der Waals surface area (Å²) in [6, 6.07) is 17.8. The number of alkyl halides is 3. The van der Waals surface area contributed by atoms with Crippen molar-refractivity contribution in [3.63, 3.8) is 0 Å². The molecule has 1 saturated heterocycles. The summed E-state index contributed by atoms with van der Waals surface area (Å²) in [5.41, 5.74) is 6.06. The van der Waals surface area contributed by atoms with E-state index in [0.29, 0.717) is 13.1 Å². The van der Waals surface area contributed by atoms with E-state index in [-0.39, 0.29) is 12.8 Å². The highest BCUT2D eigenvalue weighted by Gasteiger charge is 2.40. The lowest BCUT2D eigenvalue weighted by atomic mass is 9.96. The first kappa shape index (κ1) is 19.4. The molecule has 2 aromatic carbocycles. The zero-order chi connectivity index (χ0) is 19.1. The zero-order valence-electron chi connectivity index (χ0n) is 15.1. The van der Waals surface area contributed by atoms with E-state index in [1.807, 2.05) is 48.5 Å². The van der Waals surface area contributed by atoms with Crippen LogP contribution in [0, 0.1) is 5.92 Å². The van der Waals surface area contributed by atoms with Crippen molar-refractivity contribution in [1.82, 2.24) is 4.90 Å². The minimum atomic E-state index is -4.05. The zero-order valence-corrected chi connectivity index (χ0v) is 15.1. The molecule has 1 N–H and O–H groups in total. The number of likely N-dealkylation sites (tertiary alicyclic amines) is 1. The predicted octanol–water partition coefficient (Wildman–Crippen LogP) is 4.95. The second kappa shape index (κ2) is 9.04. The van der Waals surface area contributed by atoms with Crippen LogP contribution in [0.3, 0.4) is 0 Å². The number of halogens is 3. The number of hydrogen-bond acceptors (Lipinski definition) is 3. The van der Waals surface area contributed by atoms with Crippen LogP contribution in [0.15, 0.2) is 59.7 Å². The molecule has 0 atom stereocenters. The minimum Gasteiger partial charge on any atom is -0.303 e. The molecule has 1 heterocycles. The summed E-state index contributed by atoms with van der Waals surface area (Å²) in [7, 11) is 0. The average molecular weight is 375 g/mol. The van der Waals surface area contributed by atoms with Gasteiger partial charge in [0.15, 0.2) is 0 Å². The molecule has 0 aliphatic carbocycles. The lowest BCUT2D eigenvalue weighted by Crippen LogP contribution is -2.39. The van der Waals surface area contributed by atoms with E-state index in [1.54, 1.807) is 6.21 Å². The first-order valence-corrected chi connectivity index (χ1v) is 9.23. The van der Waals surface area contributed by atoms with Crippen molar-refractivity contribution in [1.29, 1.82) is 0 Å². The van der Waals surface area contributed by atoms with Crippen molar-refractivity contribution >= 4 is 11.9 Å². The number of para-hydroxylation sites is 1. The standard InChI is InChI=1S/C21H24F3N3/c22-21(23,24)19-10-13-27(14-11-19)12-9-17-5-4-6-18(15-17)16-25-26-20-7-2-1-3-8-20/h1-8,15-16,19,26H,9-14H2. The molecule has 144 valence electrons. The fraction of sp³-hybridized carbons (Fsp3) is 0.381. The highest BCUT2D eigenvalue weighted by molar-refractivity contribution is 5.80. The lowest BCUT2D eigenvalue weighted by molar-refractivity contribution is -0.185. The molecule has 0 unspecified atom stereocenters. The third-order valence-corrected chi connectivity index (χ3v) is 4.90. The van der Waals surface area contributed by atoms with Crippen LogP contribution in [0.4, 0.5) is 18.9 Å². The normalized spacial score (nSPS) is 16.7. The van der Waals surface area contributed by atoms with Crippen LogP contribution >= 0.6 is 0 Å². The molecule has 0 spiro atoms. The highest BCUT2D eigenvalue weighted by Crippen LogP contribution is 2.34. The Hall–Kier alpha value is -2.34. The van der Waals surface area contributed by atoms with Crippen LogP contribution in [0.1, 0.15) is 24.0 Å². The van der Waals surface area contributed by atoms with E-state index in [2.05, 4.69) is 21.5 Å². The van der Waals surface area contributed by atoms with Crippen molar-refractivity contribution in [3.8, 4) is 0 Å². The predicted molar refractivity (Wildman–Crippen MR) is 103 cm³/mol. The van der Waals surface area contributed by atoms with Crippen LogP contribution in [-0.2, 0) is 6.42 Å². The number of nitrogens with zero attached hydrogens (tertiary/aromatic N) is 2. The van der Waals surface area contributed by atoms with Gasteiger partial charge in [0.1, 0.15) is 0 Å². The van der Waals surface area contributed by atoms with Gasteiger partial charge in [-0.25, -0.2) is 0 Å². The Morgan fingerprint density at radius 1 is 1.04 bits per heavy atom. The highest BCUT2D eigenvalue weighted by atomic mass is 19.4. The van der Waals surface area contributed by atoms with E-state index in [4.69, 9.17) is 0 Å². The topological polar surface area (TPSA) is 27.6 Å². The number of benzene rings is 2. The van der Waals surface area contributed by atoms with Crippen molar-refractivity contribution in [2.75, 3.05) is 25.1 Å². The summed E-state index contributed by atoms with van der Waals surface area (Å²) in [4.78, 5) is 2.12. The van der Waals surface area contributed by atoms with Gasteiger partial charge in [-0.15, -0.1) is 0 Å². The van der Waals surface area contributed by atoms with Crippen molar-refractivity contribution in [3.05, 3.63) is 65.7 Å². The Morgan fingerprint density at radius 3 is 2.48 bits per heavy atom. The average Bonchev–Trinajstić information content (AvgIpc) is 2.67. The van der Waals surface area contributed by atoms with Gasteiger partial charge in [-0.05, 0) is 55.6 Å². The fourth-order valence-corrected chi connectivity index (χ4v) is 3.29. The van der Waals surface area contributed by atoms with E-state index in [9.17, 15) is 13.2 Å². The summed E-state index contributed by atoms with van der Waals surface area (Å²) in [5.74, 6) is -1.13. The van der Waals surface area contributed by atoms with Gasteiger partial charge in [-0.2, -0.15) is 18.3 Å². The molecule has 1 aliphatic heterocycles. The quantitative estimate of drug-likeness (QED) is 0.571. The second-order valence-corrected chi connectivity index (χ2v) is 6.89. The molecule has 0 amide bonds. The molecular formula is C21H24F3N3. The molecule has 2 aromatic rings. The Balaban J connectivity index is 1.47. The third-order valence-electron chi connectivity index (χ3n) is 4.90. The summed E-state index contributed by atoms with van der Waals surface area (Å²) in [6.07, 6.45) is -1.04. The van der Waals surface area contributed by atoms with Gasteiger partial charge in [-0.1, -0.05) is 42.5 Å².